The van der Waals surface area contributed by atoms with Gasteiger partial charge < -0.3 is 0 Å². The Morgan fingerprint density at radius 1 is 1.10 bits per heavy atom. The lowest BCUT2D eigenvalue weighted by Gasteiger charge is -2.20. The van der Waals surface area contributed by atoms with Crippen molar-refractivity contribution in [3.8, 4) is 0 Å². The van der Waals surface area contributed by atoms with E-state index in [1.807, 2.05) is 21.0 Å². The summed E-state index contributed by atoms with van der Waals surface area (Å²) in [5.41, 5.74) is 2.46. The van der Waals surface area contributed by atoms with E-state index in [-0.39, 0.29) is 16.4 Å². The summed E-state index contributed by atoms with van der Waals surface area (Å²) in [6, 6.07) is 8.50. The maximum Gasteiger partial charge on any atom is 0.197 e. The van der Waals surface area contributed by atoms with Crippen molar-refractivity contribution in [2.24, 2.45) is 5.92 Å². The first kappa shape index (κ1) is 17.3. The fourth-order valence-electron chi connectivity index (χ4n) is 1.93. The summed E-state index contributed by atoms with van der Waals surface area (Å²) in [4.78, 5) is 14.3. The van der Waals surface area contributed by atoms with Crippen LogP contribution in [0.25, 0.3) is 0 Å². The molecular formula is C17H27NOS. The maximum absolute atomic E-state index is 12.3. The van der Waals surface area contributed by atoms with Crippen molar-refractivity contribution in [2.75, 3.05) is 14.1 Å². The predicted molar refractivity (Wildman–Crippen MR) is 89.1 cm³/mol. The molecule has 0 fully saturated rings. The van der Waals surface area contributed by atoms with Crippen molar-refractivity contribution in [2.45, 2.75) is 45.4 Å². The molecule has 0 spiro atoms. The van der Waals surface area contributed by atoms with Gasteiger partial charge in [0.15, 0.2) is 5.12 Å². The van der Waals surface area contributed by atoms with E-state index in [0.717, 1.165) is 12.0 Å². The van der Waals surface area contributed by atoms with Crippen LogP contribution in [0.1, 0.15) is 44.7 Å². The van der Waals surface area contributed by atoms with Crippen LogP contribution in [0.5, 0.6) is 0 Å². The van der Waals surface area contributed by atoms with Gasteiger partial charge in [0.05, 0.1) is 11.3 Å². The van der Waals surface area contributed by atoms with Gasteiger partial charge in [0.2, 0.25) is 0 Å². The van der Waals surface area contributed by atoms with E-state index in [2.05, 4.69) is 49.9 Å². The first-order valence-electron chi connectivity index (χ1n) is 7.27. The van der Waals surface area contributed by atoms with Gasteiger partial charge in [-0.2, -0.15) is 0 Å². The van der Waals surface area contributed by atoms with Gasteiger partial charge in [0.1, 0.15) is 0 Å². The van der Waals surface area contributed by atoms with Gasteiger partial charge in [0.25, 0.3) is 0 Å². The van der Waals surface area contributed by atoms with E-state index < -0.39 is 0 Å². The number of benzene rings is 1. The Balaban J connectivity index is 2.67. The molecule has 0 N–H and O–H groups in total. The molecular weight excluding hydrogens is 266 g/mol. The first-order chi connectivity index (χ1) is 9.31. The van der Waals surface area contributed by atoms with Gasteiger partial charge in [-0.15, -0.1) is 0 Å². The summed E-state index contributed by atoms with van der Waals surface area (Å²) >= 11 is 1.41. The highest BCUT2D eigenvalue weighted by molar-refractivity contribution is 8.14. The average molecular weight is 293 g/mol. The quantitative estimate of drug-likeness (QED) is 0.735. The number of rotatable bonds is 6. The smallest absolute Gasteiger partial charge is 0.197 e. The molecule has 1 rings (SSSR count). The maximum atomic E-state index is 12.3. The minimum Gasteiger partial charge on any atom is -0.297 e. The highest BCUT2D eigenvalue weighted by Gasteiger charge is 2.19. The summed E-state index contributed by atoms with van der Waals surface area (Å²) in [7, 11) is 3.99. The van der Waals surface area contributed by atoms with E-state index in [4.69, 9.17) is 0 Å². The molecule has 0 amide bonds. The van der Waals surface area contributed by atoms with E-state index in [1.54, 1.807) is 0 Å². The molecule has 0 heterocycles. The van der Waals surface area contributed by atoms with Crippen molar-refractivity contribution in [3.05, 3.63) is 35.4 Å². The molecule has 112 valence electrons. The van der Waals surface area contributed by atoms with Crippen molar-refractivity contribution in [3.63, 3.8) is 0 Å². The van der Waals surface area contributed by atoms with E-state index in [0.29, 0.717) is 5.92 Å². The molecule has 0 saturated heterocycles. The topological polar surface area (TPSA) is 20.3 Å². The van der Waals surface area contributed by atoms with Crippen molar-refractivity contribution >= 4 is 16.9 Å². The molecule has 0 radical (unpaired) electrons. The molecule has 1 unspecified atom stereocenters. The molecule has 3 heteroatoms. The zero-order valence-electron chi connectivity index (χ0n) is 13.5. The Morgan fingerprint density at radius 3 is 2.10 bits per heavy atom. The molecule has 1 aromatic rings. The van der Waals surface area contributed by atoms with Crippen molar-refractivity contribution in [1.29, 1.82) is 0 Å². The van der Waals surface area contributed by atoms with E-state index in [9.17, 15) is 4.79 Å². The SMILES string of the molecule is CC(C)Cc1ccc(C(C)C(=O)S[C@@H](C)N(C)C)cc1. The van der Waals surface area contributed by atoms with Gasteiger partial charge in [-0.25, -0.2) is 0 Å². The average Bonchev–Trinajstić information content (AvgIpc) is 2.37. The Kier molecular flexibility index (Phi) is 6.77. The molecule has 1 aromatic carbocycles. The standard InChI is InChI=1S/C17H27NOS/c1-12(2)11-15-7-9-16(10-8-15)13(3)17(19)20-14(4)18(5)6/h7-10,12-14H,11H2,1-6H3/t13?,14-/m0/s1. The molecule has 0 bridgehead atoms. The largest absolute Gasteiger partial charge is 0.297 e. The molecule has 0 aliphatic carbocycles. The van der Waals surface area contributed by atoms with E-state index >= 15 is 0 Å². The van der Waals surface area contributed by atoms with Gasteiger partial charge >= 0.3 is 0 Å². The summed E-state index contributed by atoms with van der Waals surface area (Å²) in [6.07, 6.45) is 1.09. The highest BCUT2D eigenvalue weighted by atomic mass is 32.2. The van der Waals surface area contributed by atoms with Crippen LogP contribution in [0.15, 0.2) is 24.3 Å². The van der Waals surface area contributed by atoms with Gasteiger partial charge in [-0.1, -0.05) is 56.8 Å². The second kappa shape index (κ2) is 7.84. The number of hydrogen-bond donors (Lipinski definition) is 0. The first-order valence-corrected chi connectivity index (χ1v) is 8.15. The third-order valence-corrected chi connectivity index (χ3v) is 4.84. The fraction of sp³-hybridized carbons (Fsp3) is 0.588. The summed E-state index contributed by atoms with van der Waals surface area (Å²) < 4.78 is 0. The Labute approximate surface area is 127 Å². The van der Waals surface area contributed by atoms with Crippen LogP contribution in [0.4, 0.5) is 0 Å². The zero-order chi connectivity index (χ0) is 15.3. The molecule has 2 nitrogen and oxygen atoms in total. The normalized spacial score (nSPS) is 14.6. The number of nitrogens with zero attached hydrogens (tertiary/aromatic N) is 1. The van der Waals surface area contributed by atoms with Crippen molar-refractivity contribution < 1.29 is 4.79 Å². The van der Waals surface area contributed by atoms with Crippen LogP contribution in [-0.2, 0) is 11.2 Å². The molecule has 0 aromatic heterocycles. The van der Waals surface area contributed by atoms with Gasteiger partial charge in [-0.3, -0.25) is 9.69 Å². The zero-order valence-corrected chi connectivity index (χ0v) is 14.3. The van der Waals surface area contributed by atoms with Crippen molar-refractivity contribution in [1.82, 2.24) is 4.90 Å². The Morgan fingerprint density at radius 2 is 1.65 bits per heavy atom. The highest BCUT2D eigenvalue weighted by Crippen LogP contribution is 2.26. The van der Waals surface area contributed by atoms with Gasteiger partial charge in [-0.05, 0) is 44.5 Å². The minimum absolute atomic E-state index is 0.0458. The van der Waals surface area contributed by atoms with Crippen LogP contribution < -0.4 is 0 Å². The third kappa shape index (κ3) is 5.29. The lowest BCUT2D eigenvalue weighted by atomic mass is 9.97. The third-order valence-electron chi connectivity index (χ3n) is 3.49. The van der Waals surface area contributed by atoms with Crippen LogP contribution in [0.3, 0.4) is 0 Å². The van der Waals surface area contributed by atoms with Crippen LogP contribution >= 0.6 is 11.8 Å². The molecule has 0 aliphatic rings. The molecule has 0 saturated carbocycles. The fourth-order valence-corrected chi connectivity index (χ4v) is 2.81. The Hall–Kier alpha value is -0.800. The minimum atomic E-state index is -0.0458. The number of carbonyl (C=O) groups excluding carboxylic acids is 1. The van der Waals surface area contributed by atoms with Gasteiger partial charge in [0, 0.05) is 0 Å². The lowest BCUT2D eigenvalue weighted by molar-refractivity contribution is -0.112. The van der Waals surface area contributed by atoms with Crippen LogP contribution in [0.2, 0.25) is 0 Å². The number of hydrogen-bond acceptors (Lipinski definition) is 3. The molecule has 0 aliphatic heterocycles. The lowest BCUT2D eigenvalue weighted by Crippen LogP contribution is -2.23. The van der Waals surface area contributed by atoms with E-state index in [1.165, 1.54) is 17.3 Å². The Bertz CT molecular complexity index is 425. The summed E-state index contributed by atoms with van der Waals surface area (Å²) in [5, 5.41) is 0.452. The number of thioether (sulfide) groups is 1. The number of carbonyl (C=O) groups is 1. The summed E-state index contributed by atoms with van der Waals surface area (Å²) in [5.74, 6) is 0.618. The summed E-state index contributed by atoms with van der Waals surface area (Å²) in [6.45, 7) is 8.49. The second-order valence-electron chi connectivity index (χ2n) is 6.06. The second-order valence-corrected chi connectivity index (χ2v) is 7.38. The molecule has 2 atom stereocenters. The van der Waals surface area contributed by atoms with Crippen LogP contribution in [0, 0.1) is 5.92 Å². The molecule has 20 heavy (non-hydrogen) atoms. The van der Waals surface area contributed by atoms with Crippen LogP contribution in [-0.4, -0.2) is 29.5 Å². The monoisotopic (exact) mass is 293 g/mol. The predicted octanol–water partition coefficient (Wildman–Crippen LogP) is 4.16.